The molecule has 1 aromatic heterocycles. The Hall–Kier alpha value is -1.80. The molecule has 17 heavy (non-hydrogen) atoms. The van der Waals surface area contributed by atoms with E-state index in [1.165, 1.54) is 5.56 Å². The molecule has 0 fully saturated rings. The van der Waals surface area contributed by atoms with Gasteiger partial charge in [-0.2, -0.15) is 0 Å². The Balaban J connectivity index is 2.18. The first kappa shape index (κ1) is 9.25. The van der Waals surface area contributed by atoms with Crippen LogP contribution in [-0.4, -0.2) is 6.21 Å². The fraction of sp³-hybridized carbons (Fsp3) is 0.0714. The Bertz CT molecular complexity index is 786. The molecule has 0 amide bonds. The van der Waals surface area contributed by atoms with Crippen molar-refractivity contribution in [3.63, 3.8) is 0 Å². The van der Waals surface area contributed by atoms with Gasteiger partial charge in [-0.15, -0.1) is 0 Å². The van der Waals surface area contributed by atoms with Crippen LogP contribution in [0.15, 0.2) is 39.7 Å². The minimum Gasteiger partial charge on any atom is -0.456 e. The van der Waals surface area contributed by atoms with E-state index in [0.29, 0.717) is 0 Å². The highest BCUT2D eigenvalue weighted by Gasteiger charge is 2.13. The fourth-order valence-electron chi connectivity index (χ4n) is 2.35. The summed E-state index contributed by atoms with van der Waals surface area (Å²) in [4.78, 5) is 4.26. The number of rotatable bonds is 0. The van der Waals surface area contributed by atoms with Crippen molar-refractivity contribution in [2.45, 2.75) is 6.54 Å². The fourth-order valence-corrected chi connectivity index (χ4v) is 2.53. The predicted octanol–water partition coefficient (Wildman–Crippen LogP) is 4.17. The maximum atomic E-state index is 6.03. The molecule has 0 atom stereocenters. The molecule has 3 aromatic rings. The summed E-state index contributed by atoms with van der Waals surface area (Å²) >= 11 is 6.03. The second kappa shape index (κ2) is 3.11. The molecule has 0 N–H and O–H groups in total. The van der Waals surface area contributed by atoms with E-state index in [4.69, 9.17) is 16.0 Å². The standard InChI is InChI=1S/C14H8ClNO/c15-10-1-2-13-12(5-10)11-3-8-6-16-7-9(8)4-14(11)17-13/h1-5,7H,6H2. The normalized spacial score (nSPS) is 13.7. The highest BCUT2D eigenvalue weighted by atomic mass is 35.5. The van der Waals surface area contributed by atoms with Crippen LogP contribution in [0.2, 0.25) is 5.02 Å². The van der Waals surface area contributed by atoms with Gasteiger partial charge in [-0.1, -0.05) is 11.6 Å². The van der Waals surface area contributed by atoms with E-state index >= 15 is 0 Å². The zero-order chi connectivity index (χ0) is 11.4. The van der Waals surface area contributed by atoms with Crippen LogP contribution in [0.4, 0.5) is 0 Å². The molecule has 0 spiro atoms. The van der Waals surface area contributed by atoms with Crippen LogP contribution in [0.25, 0.3) is 21.9 Å². The van der Waals surface area contributed by atoms with Gasteiger partial charge in [-0.3, -0.25) is 4.99 Å². The van der Waals surface area contributed by atoms with E-state index in [1.54, 1.807) is 0 Å². The van der Waals surface area contributed by atoms with E-state index < -0.39 is 0 Å². The van der Waals surface area contributed by atoms with Gasteiger partial charge in [0.15, 0.2) is 0 Å². The quantitative estimate of drug-likeness (QED) is 0.580. The van der Waals surface area contributed by atoms with Crippen LogP contribution in [-0.2, 0) is 6.54 Å². The van der Waals surface area contributed by atoms with E-state index in [0.717, 1.165) is 39.1 Å². The number of hydrogen-bond acceptors (Lipinski definition) is 2. The molecule has 4 rings (SSSR count). The summed E-state index contributed by atoms with van der Waals surface area (Å²) in [6, 6.07) is 9.91. The summed E-state index contributed by atoms with van der Waals surface area (Å²) in [7, 11) is 0. The van der Waals surface area contributed by atoms with Crippen molar-refractivity contribution in [3.05, 3.63) is 46.5 Å². The second-order valence-corrected chi connectivity index (χ2v) is 4.70. The molecular formula is C14H8ClNO. The van der Waals surface area contributed by atoms with Crippen LogP contribution in [0.3, 0.4) is 0 Å². The lowest BCUT2D eigenvalue weighted by atomic mass is 10.1. The Morgan fingerprint density at radius 2 is 1.94 bits per heavy atom. The monoisotopic (exact) mass is 241 g/mol. The second-order valence-electron chi connectivity index (χ2n) is 4.26. The summed E-state index contributed by atoms with van der Waals surface area (Å²) in [6.45, 7) is 0.762. The third-order valence-corrected chi connectivity index (χ3v) is 3.42. The van der Waals surface area contributed by atoms with Gasteiger partial charge in [0.25, 0.3) is 0 Å². The maximum absolute atomic E-state index is 6.03. The van der Waals surface area contributed by atoms with Crippen LogP contribution in [0, 0.1) is 0 Å². The summed E-state index contributed by atoms with van der Waals surface area (Å²) < 4.78 is 5.81. The summed E-state index contributed by atoms with van der Waals surface area (Å²) in [5, 5.41) is 2.92. The number of fused-ring (bicyclic) bond motifs is 4. The van der Waals surface area contributed by atoms with Gasteiger partial charge in [-0.25, -0.2) is 0 Å². The number of furan rings is 1. The van der Waals surface area contributed by atoms with Gasteiger partial charge in [0.2, 0.25) is 0 Å². The minimum atomic E-state index is 0.733. The lowest BCUT2D eigenvalue weighted by molar-refractivity contribution is 0.669. The number of nitrogens with zero attached hydrogens (tertiary/aromatic N) is 1. The Morgan fingerprint density at radius 3 is 2.88 bits per heavy atom. The van der Waals surface area contributed by atoms with Gasteiger partial charge in [0.1, 0.15) is 11.2 Å². The zero-order valence-electron chi connectivity index (χ0n) is 8.90. The Kier molecular flexibility index (Phi) is 1.69. The van der Waals surface area contributed by atoms with Gasteiger partial charge < -0.3 is 4.42 Å². The van der Waals surface area contributed by atoms with Crippen molar-refractivity contribution < 1.29 is 4.42 Å². The molecule has 1 aliphatic rings. The molecule has 0 unspecified atom stereocenters. The molecule has 2 nitrogen and oxygen atoms in total. The highest BCUT2D eigenvalue weighted by molar-refractivity contribution is 6.31. The molecule has 2 heterocycles. The molecule has 3 heteroatoms. The van der Waals surface area contributed by atoms with Crippen molar-refractivity contribution in [1.29, 1.82) is 0 Å². The average molecular weight is 242 g/mol. The van der Waals surface area contributed by atoms with Gasteiger partial charge in [0, 0.05) is 27.6 Å². The van der Waals surface area contributed by atoms with E-state index in [1.807, 2.05) is 24.4 Å². The smallest absolute Gasteiger partial charge is 0.136 e. The van der Waals surface area contributed by atoms with E-state index in [2.05, 4.69) is 17.1 Å². The number of hydrogen-bond donors (Lipinski definition) is 0. The number of benzene rings is 2. The lowest BCUT2D eigenvalue weighted by Gasteiger charge is -1.96. The minimum absolute atomic E-state index is 0.733. The van der Waals surface area contributed by atoms with Gasteiger partial charge >= 0.3 is 0 Å². The molecule has 1 aliphatic heterocycles. The zero-order valence-corrected chi connectivity index (χ0v) is 9.66. The van der Waals surface area contributed by atoms with Crippen molar-refractivity contribution in [2.75, 3.05) is 0 Å². The lowest BCUT2D eigenvalue weighted by Crippen LogP contribution is -1.82. The summed E-state index contributed by atoms with van der Waals surface area (Å²) in [5.74, 6) is 0. The number of aliphatic imine (C=N–C) groups is 1. The molecule has 82 valence electrons. The molecule has 0 saturated heterocycles. The molecule has 2 aromatic carbocycles. The SMILES string of the molecule is Clc1ccc2oc3cc4c(cc3c2c1)CN=C4. The molecule has 0 radical (unpaired) electrons. The number of halogens is 1. The topological polar surface area (TPSA) is 25.5 Å². The Labute approximate surface area is 103 Å². The van der Waals surface area contributed by atoms with Crippen LogP contribution in [0.1, 0.15) is 11.1 Å². The van der Waals surface area contributed by atoms with Crippen LogP contribution >= 0.6 is 11.6 Å². The highest BCUT2D eigenvalue weighted by Crippen LogP contribution is 2.33. The van der Waals surface area contributed by atoms with E-state index in [9.17, 15) is 0 Å². The summed E-state index contributed by atoms with van der Waals surface area (Å²) in [5.41, 5.74) is 4.18. The van der Waals surface area contributed by atoms with Crippen molar-refractivity contribution >= 4 is 39.8 Å². The first-order valence-electron chi connectivity index (χ1n) is 5.46. The van der Waals surface area contributed by atoms with Crippen molar-refractivity contribution in [3.8, 4) is 0 Å². The van der Waals surface area contributed by atoms with Gasteiger partial charge in [0.05, 0.1) is 6.54 Å². The average Bonchev–Trinajstić information content (AvgIpc) is 2.89. The van der Waals surface area contributed by atoms with Gasteiger partial charge in [-0.05, 0) is 35.9 Å². The Morgan fingerprint density at radius 1 is 1.06 bits per heavy atom. The predicted molar refractivity (Wildman–Crippen MR) is 70.0 cm³/mol. The molecule has 0 bridgehead atoms. The largest absolute Gasteiger partial charge is 0.456 e. The molecular weight excluding hydrogens is 234 g/mol. The molecule has 0 saturated carbocycles. The first-order valence-corrected chi connectivity index (χ1v) is 5.83. The first-order chi connectivity index (χ1) is 8.31. The van der Waals surface area contributed by atoms with Crippen molar-refractivity contribution in [2.24, 2.45) is 4.99 Å². The maximum Gasteiger partial charge on any atom is 0.136 e. The van der Waals surface area contributed by atoms with Crippen molar-refractivity contribution in [1.82, 2.24) is 0 Å². The third kappa shape index (κ3) is 1.25. The van der Waals surface area contributed by atoms with E-state index in [-0.39, 0.29) is 0 Å². The summed E-state index contributed by atoms with van der Waals surface area (Å²) in [6.07, 6.45) is 1.90. The van der Waals surface area contributed by atoms with Crippen LogP contribution < -0.4 is 0 Å². The van der Waals surface area contributed by atoms with Crippen LogP contribution in [0.5, 0.6) is 0 Å². The molecule has 0 aliphatic carbocycles. The third-order valence-electron chi connectivity index (χ3n) is 3.19.